The summed E-state index contributed by atoms with van der Waals surface area (Å²) in [5.74, 6) is -1.39. The van der Waals surface area contributed by atoms with Crippen molar-refractivity contribution in [2.45, 2.75) is 29.1 Å². The molecule has 0 bridgehead atoms. The number of thioether (sulfide) groups is 1. The van der Waals surface area contributed by atoms with Crippen LogP contribution in [0.3, 0.4) is 0 Å². The van der Waals surface area contributed by atoms with Crippen molar-refractivity contribution in [2.24, 2.45) is 0 Å². The molecule has 2 aliphatic rings. The molecule has 8 nitrogen and oxygen atoms in total. The lowest BCUT2D eigenvalue weighted by Crippen LogP contribution is -2.53. The highest BCUT2D eigenvalue weighted by molar-refractivity contribution is 8.00. The van der Waals surface area contributed by atoms with Crippen LogP contribution in [-0.4, -0.2) is 22.0 Å². The second-order valence-electron chi connectivity index (χ2n) is 11.1. The summed E-state index contributed by atoms with van der Waals surface area (Å²) < 4.78 is 21.0. The van der Waals surface area contributed by atoms with Crippen LogP contribution in [0.15, 0.2) is 111 Å². The van der Waals surface area contributed by atoms with Gasteiger partial charge in [-0.3, -0.25) is 19.3 Å². The molecule has 226 valence electrons. The summed E-state index contributed by atoms with van der Waals surface area (Å²) in [6.07, 6.45) is 0. The molecule has 0 saturated carbocycles. The van der Waals surface area contributed by atoms with Gasteiger partial charge in [0.05, 0.1) is 23.2 Å². The van der Waals surface area contributed by atoms with Gasteiger partial charge in [0.1, 0.15) is 11.4 Å². The van der Waals surface area contributed by atoms with Crippen molar-refractivity contribution in [3.8, 4) is 0 Å². The molecule has 4 aromatic carbocycles. The lowest BCUT2D eigenvalue weighted by Gasteiger charge is -2.32. The van der Waals surface area contributed by atoms with E-state index >= 15 is 4.79 Å². The van der Waals surface area contributed by atoms with Gasteiger partial charge < -0.3 is 9.32 Å². The number of aryl methyl sites for hydroxylation is 1. The Morgan fingerprint density at radius 2 is 1.67 bits per heavy atom. The lowest BCUT2D eigenvalue weighted by atomic mass is 9.84. The van der Waals surface area contributed by atoms with Crippen LogP contribution in [0.5, 0.6) is 0 Å². The summed E-state index contributed by atoms with van der Waals surface area (Å²) in [5.41, 5.74) is 1.11. The molecule has 46 heavy (non-hydrogen) atoms. The Morgan fingerprint density at radius 1 is 0.913 bits per heavy atom. The van der Waals surface area contributed by atoms with Gasteiger partial charge in [-0.1, -0.05) is 101 Å². The van der Waals surface area contributed by atoms with E-state index in [-0.39, 0.29) is 45.5 Å². The number of aromatic nitrogens is 2. The van der Waals surface area contributed by atoms with E-state index in [0.717, 1.165) is 22.5 Å². The predicted octanol–water partition coefficient (Wildman–Crippen LogP) is 6.84. The molecule has 11 heteroatoms. The minimum atomic E-state index is -1.89. The van der Waals surface area contributed by atoms with Crippen molar-refractivity contribution < 1.29 is 18.4 Å². The number of anilines is 2. The van der Waals surface area contributed by atoms with Crippen molar-refractivity contribution in [1.82, 2.24) is 10.2 Å². The van der Waals surface area contributed by atoms with Gasteiger partial charge >= 0.3 is 0 Å². The second kappa shape index (κ2) is 10.7. The van der Waals surface area contributed by atoms with E-state index < -0.39 is 22.8 Å². The number of fused-ring (bicyclic) bond motifs is 5. The van der Waals surface area contributed by atoms with Crippen molar-refractivity contribution in [1.29, 1.82) is 0 Å². The van der Waals surface area contributed by atoms with Crippen LogP contribution in [0.25, 0.3) is 11.0 Å². The number of hydrogen-bond acceptors (Lipinski definition) is 8. The Balaban J connectivity index is 1.33. The average molecular weight is 647 g/mol. The summed E-state index contributed by atoms with van der Waals surface area (Å²) in [4.78, 5) is 46.9. The molecule has 0 radical (unpaired) electrons. The number of carbonyl (C=O) groups excluding carboxylic acids is 2. The molecular formula is C35H23FN4O4S2. The topological polar surface area (TPSA) is 96.6 Å². The number of carbonyl (C=O) groups is 2. The Bertz CT molecular complexity index is 2270. The summed E-state index contributed by atoms with van der Waals surface area (Å²) in [6.45, 7) is 2.08. The van der Waals surface area contributed by atoms with Crippen molar-refractivity contribution >= 4 is 56.7 Å². The molecule has 0 fully saturated rings. The first kappa shape index (κ1) is 28.4. The monoisotopic (exact) mass is 646 g/mol. The normalized spacial score (nSPS) is 16.9. The first-order chi connectivity index (χ1) is 22.4. The molecule has 4 heterocycles. The standard InChI is InChI=1S/C35H23FN4O4S2/c1-20-15-16-27-23(17-20)29(41)28-30(44-27)31(42)40(33-37-38-34(46-33)45-19-22-11-5-7-13-25(22)36)35(28)24-12-6-8-14-26(24)39(32(35)43)18-21-9-3-2-4-10-21/h2-17H,18-19H2,1H3. The minimum absolute atomic E-state index is 0.0422. The number of halogens is 1. The Hall–Kier alpha value is -5.13. The molecule has 0 aliphatic carbocycles. The van der Waals surface area contributed by atoms with Gasteiger partial charge in [-0.05, 0) is 42.3 Å². The maximum absolute atomic E-state index is 15.1. The largest absolute Gasteiger partial charge is 0.450 e. The fourth-order valence-electron chi connectivity index (χ4n) is 6.31. The highest BCUT2D eigenvalue weighted by Gasteiger charge is 2.66. The zero-order chi connectivity index (χ0) is 31.6. The van der Waals surface area contributed by atoms with Crippen LogP contribution in [-0.2, 0) is 22.6 Å². The molecule has 1 unspecified atom stereocenters. The number of nitrogens with zero attached hydrogens (tertiary/aromatic N) is 4. The number of amides is 2. The van der Waals surface area contributed by atoms with Crippen molar-refractivity contribution in [2.75, 3.05) is 9.80 Å². The number of benzene rings is 4. The molecule has 8 rings (SSSR count). The molecule has 1 spiro atoms. The maximum Gasteiger partial charge on any atom is 0.297 e. The molecule has 2 amide bonds. The SMILES string of the molecule is Cc1ccc2oc3c(c(=O)c2c1)C1(C(=O)N(Cc2ccccc2)c2ccccc21)N(c1nnc(SCc2ccccc2F)s1)C3=O. The van der Waals surface area contributed by atoms with E-state index in [1.807, 2.05) is 49.4 Å². The number of rotatable bonds is 6. The third-order valence-corrected chi connectivity index (χ3v) is 10.4. The maximum atomic E-state index is 15.1. The summed E-state index contributed by atoms with van der Waals surface area (Å²) >= 11 is 2.36. The highest BCUT2D eigenvalue weighted by atomic mass is 32.2. The average Bonchev–Trinajstić information content (AvgIpc) is 3.71. The van der Waals surface area contributed by atoms with Gasteiger partial charge in [0, 0.05) is 11.3 Å². The third kappa shape index (κ3) is 4.15. The quantitative estimate of drug-likeness (QED) is 0.145. The van der Waals surface area contributed by atoms with Crippen molar-refractivity contribution in [3.05, 3.63) is 147 Å². The third-order valence-electron chi connectivity index (χ3n) is 8.36. The second-order valence-corrected chi connectivity index (χ2v) is 13.3. The summed E-state index contributed by atoms with van der Waals surface area (Å²) in [7, 11) is 0. The molecule has 2 aromatic heterocycles. The summed E-state index contributed by atoms with van der Waals surface area (Å²) in [6, 6.07) is 28.3. The van der Waals surface area contributed by atoms with E-state index in [1.165, 1.54) is 22.7 Å². The van der Waals surface area contributed by atoms with E-state index in [0.29, 0.717) is 21.2 Å². The first-order valence-corrected chi connectivity index (χ1v) is 16.3. The van der Waals surface area contributed by atoms with Gasteiger partial charge in [0.2, 0.25) is 10.9 Å². The predicted molar refractivity (Wildman–Crippen MR) is 175 cm³/mol. The van der Waals surface area contributed by atoms with Crippen LogP contribution >= 0.6 is 23.1 Å². The van der Waals surface area contributed by atoms with Crippen LogP contribution in [0.1, 0.15) is 38.4 Å². The van der Waals surface area contributed by atoms with E-state index in [9.17, 15) is 14.0 Å². The van der Waals surface area contributed by atoms with Crippen LogP contribution in [0, 0.1) is 12.7 Å². The van der Waals surface area contributed by atoms with Gasteiger partial charge in [0.25, 0.3) is 11.8 Å². The van der Waals surface area contributed by atoms with Gasteiger partial charge in [-0.25, -0.2) is 4.39 Å². The van der Waals surface area contributed by atoms with E-state index in [1.54, 1.807) is 53.4 Å². The Kier molecular flexibility index (Phi) is 6.62. The molecule has 0 saturated heterocycles. The zero-order valence-electron chi connectivity index (χ0n) is 24.3. The number of hydrogen-bond donors (Lipinski definition) is 0. The molecule has 1 atom stereocenters. The lowest BCUT2D eigenvalue weighted by molar-refractivity contribution is -0.121. The van der Waals surface area contributed by atoms with Gasteiger partial charge in [-0.15, -0.1) is 10.2 Å². The molecule has 6 aromatic rings. The van der Waals surface area contributed by atoms with Gasteiger partial charge in [-0.2, -0.15) is 0 Å². The van der Waals surface area contributed by atoms with Crippen LogP contribution in [0.2, 0.25) is 0 Å². The fraction of sp³-hybridized carbons (Fsp3) is 0.114. The van der Waals surface area contributed by atoms with Crippen molar-refractivity contribution in [3.63, 3.8) is 0 Å². The first-order valence-electron chi connectivity index (χ1n) is 14.5. The molecule has 2 aliphatic heterocycles. The fourth-order valence-corrected chi connectivity index (χ4v) is 8.18. The molecule has 0 N–H and O–H groups in total. The molecular weight excluding hydrogens is 624 g/mol. The zero-order valence-corrected chi connectivity index (χ0v) is 25.9. The smallest absolute Gasteiger partial charge is 0.297 e. The van der Waals surface area contributed by atoms with Gasteiger partial charge in [0.15, 0.2) is 15.3 Å². The van der Waals surface area contributed by atoms with Crippen LogP contribution < -0.4 is 15.2 Å². The Morgan fingerprint density at radius 3 is 2.50 bits per heavy atom. The summed E-state index contributed by atoms with van der Waals surface area (Å²) in [5, 5.41) is 9.05. The Labute approximate surface area is 270 Å². The highest BCUT2D eigenvalue weighted by Crippen LogP contribution is 2.55. The van der Waals surface area contributed by atoms with E-state index in [4.69, 9.17) is 4.42 Å². The number of para-hydroxylation sites is 1. The van der Waals surface area contributed by atoms with Crippen LogP contribution in [0.4, 0.5) is 15.2 Å². The van der Waals surface area contributed by atoms with E-state index in [2.05, 4.69) is 10.2 Å². The minimum Gasteiger partial charge on any atom is -0.450 e.